The van der Waals surface area contributed by atoms with Crippen LogP contribution in [0.2, 0.25) is 0 Å². The van der Waals surface area contributed by atoms with Gasteiger partial charge in [0.15, 0.2) is 6.10 Å². The number of nitrogens with one attached hydrogen (secondary N) is 1. The lowest BCUT2D eigenvalue weighted by molar-refractivity contribution is -0.152. The van der Waals surface area contributed by atoms with Crippen LogP contribution in [0.5, 0.6) is 11.5 Å². The van der Waals surface area contributed by atoms with Gasteiger partial charge in [-0.2, -0.15) is 0 Å². The van der Waals surface area contributed by atoms with E-state index in [-0.39, 0.29) is 13.0 Å². The van der Waals surface area contributed by atoms with Crippen molar-refractivity contribution in [3.63, 3.8) is 0 Å². The van der Waals surface area contributed by atoms with Crippen molar-refractivity contribution in [3.05, 3.63) is 60.2 Å². The fourth-order valence-corrected chi connectivity index (χ4v) is 2.70. The first-order chi connectivity index (χ1) is 12.2. The second-order valence-corrected chi connectivity index (χ2v) is 5.53. The van der Waals surface area contributed by atoms with Crippen LogP contribution in [0.15, 0.2) is 54.6 Å². The van der Waals surface area contributed by atoms with E-state index in [2.05, 4.69) is 5.32 Å². The zero-order chi connectivity index (χ0) is 17.6. The predicted molar refractivity (Wildman–Crippen MR) is 90.5 cm³/mol. The molecule has 0 saturated carbocycles. The van der Waals surface area contributed by atoms with E-state index in [4.69, 9.17) is 14.2 Å². The molecular formula is C19H19NO5. The van der Waals surface area contributed by atoms with Crippen LogP contribution < -0.4 is 14.8 Å². The number of hydrogen-bond donors (Lipinski definition) is 1. The Morgan fingerprint density at radius 3 is 2.60 bits per heavy atom. The maximum absolute atomic E-state index is 12.2. The fourth-order valence-electron chi connectivity index (χ4n) is 2.70. The van der Waals surface area contributed by atoms with E-state index in [1.807, 2.05) is 24.3 Å². The number of ether oxygens (including phenoxy) is 3. The van der Waals surface area contributed by atoms with Crippen molar-refractivity contribution >= 4 is 12.1 Å². The van der Waals surface area contributed by atoms with E-state index in [1.54, 1.807) is 37.3 Å². The summed E-state index contributed by atoms with van der Waals surface area (Å²) in [6, 6.07) is 15.7. The average molecular weight is 341 g/mol. The highest BCUT2D eigenvalue weighted by Crippen LogP contribution is 2.35. The molecule has 1 aliphatic rings. The molecule has 130 valence electrons. The highest BCUT2D eigenvalue weighted by atomic mass is 16.6. The molecule has 3 rings (SSSR count). The zero-order valence-electron chi connectivity index (χ0n) is 13.8. The standard InChI is InChI=1S/C19H19NO5/c1-2-23-18(21)17-12-15(14-10-6-7-11-16(14)25-17)20-19(22)24-13-8-4-3-5-9-13/h3-11,15,17H,2,12H2,1H3,(H,20,22). The van der Waals surface area contributed by atoms with Crippen molar-refractivity contribution in [2.24, 2.45) is 0 Å². The molecule has 25 heavy (non-hydrogen) atoms. The third kappa shape index (κ3) is 4.09. The normalized spacial score (nSPS) is 18.4. The van der Waals surface area contributed by atoms with Crippen LogP contribution in [0.25, 0.3) is 0 Å². The number of esters is 1. The van der Waals surface area contributed by atoms with E-state index < -0.39 is 24.2 Å². The van der Waals surface area contributed by atoms with Crippen molar-refractivity contribution in [2.75, 3.05) is 6.61 Å². The SMILES string of the molecule is CCOC(=O)C1CC(NC(=O)Oc2ccccc2)c2ccccc2O1. The number of hydrogen-bond acceptors (Lipinski definition) is 5. The Balaban J connectivity index is 1.74. The molecule has 0 saturated heterocycles. The molecule has 2 unspecified atom stereocenters. The third-order valence-corrected chi connectivity index (χ3v) is 3.81. The lowest BCUT2D eigenvalue weighted by Crippen LogP contribution is -2.41. The Morgan fingerprint density at radius 2 is 1.84 bits per heavy atom. The number of rotatable bonds is 4. The van der Waals surface area contributed by atoms with Crippen molar-refractivity contribution in [1.29, 1.82) is 0 Å². The van der Waals surface area contributed by atoms with Crippen LogP contribution in [0, 0.1) is 0 Å². The summed E-state index contributed by atoms with van der Waals surface area (Å²) in [5.74, 6) is 0.555. The summed E-state index contributed by atoms with van der Waals surface area (Å²) >= 11 is 0. The first-order valence-corrected chi connectivity index (χ1v) is 8.13. The summed E-state index contributed by atoms with van der Waals surface area (Å²) in [7, 11) is 0. The lowest BCUT2D eigenvalue weighted by Gasteiger charge is -2.31. The first kappa shape index (κ1) is 16.8. The largest absolute Gasteiger partial charge is 0.478 e. The quantitative estimate of drug-likeness (QED) is 0.864. The Kier molecular flexibility index (Phi) is 5.18. The molecule has 0 spiro atoms. The molecule has 0 radical (unpaired) electrons. The fraction of sp³-hybridized carbons (Fsp3) is 0.263. The minimum absolute atomic E-state index is 0.272. The van der Waals surface area contributed by atoms with Gasteiger partial charge in [0, 0.05) is 12.0 Å². The highest BCUT2D eigenvalue weighted by molar-refractivity contribution is 5.76. The van der Waals surface area contributed by atoms with Crippen molar-refractivity contribution < 1.29 is 23.8 Å². The van der Waals surface area contributed by atoms with Crippen LogP contribution in [0.4, 0.5) is 4.79 Å². The molecule has 6 nitrogen and oxygen atoms in total. The molecule has 0 aliphatic carbocycles. The lowest BCUT2D eigenvalue weighted by atomic mass is 9.96. The van der Waals surface area contributed by atoms with Gasteiger partial charge in [0.2, 0.25) is 0 Å². The number of carbonyl (C=O) groups excluding carboxylic acids is 2. The number of carbonyl (C=O) groups is 2. The summed E-state index contributed by atoms with van der Waals surface area (Å²) in [6.07, 6.45) is -1.08. The molecule has 2 atom stereocenters. The second kappa shape index (κ2) is 7.70. The van der Waals surface area contributed by atoms with Gasteiger partial charge in [0.1, 0.15) is 11.5 Å². The minimum Gasteiger partial charge on any atom is -0.478 e. The van der Waals surface area contributed by atoms with Gasteiger partial charge >= 0.3 is 12.1 Å². The number of para-hydroxylation sites is 2. The van der Waals surface area contributed by atoms with E-state index in [9.17, 15) is 9.59 Å². The molecular weight excluding hydrogens is 322 g/mol. The third-order valence-electron chi connectivity index (χ3n) is 3.81. The second-order valence-electron chi connectivity index (χ2n) is 5.53. The van der Waals surface area contributed by atoms with Crippen molar-refractivity contribution in [3.8, 4) is 11.5 Å². The molecule has 0 bridgehead atoms. The minimum atomic E-state index is -0.767. The summed E-state index contributed by atoms with van der Waals surface area (Å²) in [5, 5.41) is 2.80. The molecule has 1 aliphatic heterocycles. The summed E-state index contributed by atoms with van der Waals surface area (Å²) in [6.45, 7) is 2.01. The number of fused-ring (bicyclic) bond motifs is 1. The Bertz CT molecular complexity index is 746. The summed E-state index contributed by atoms with van der Waals surface area (Å²) < 4.78 is 16.0. The zero-order valence-corrected chi connectivity index (χ0v) is 13.8. The van der Waals surface area contributed by atoms with Gasteiger partial charge < -0.3 is 19.5 Å². The van der Waals surface area contributed by atoms with Gasteiger partial charge in [-0.3, -0.25) is 0 Å². The van der Waals surface area contributed by atoms with Gasteiger partial charge in [-0.25, -0.2) is 9.59 Å². The average Bonchev–Trinajstić information content (AvgIpc) is 2.62. The van der Waals surface area contributed by atoms with E-state index in [0.717, 1.165) is 5.56 Å². The Labute approximate surface area is 145 Å². The van der Waals surface area contributed by atoms with Gasteiger partial charge in [0.25, 0.3) is 0 Å². The van der Waals surface area contributed by atoms with E-state index in [0.29, 0.717) is 11.5 Å². The molecule has 1 heterocycles. The Hall–Kier alpha value is -3.02. The van der Waals surface area contributed by atoms with Crippen molar-refractivity contribution in [2.45, 2.75) is 25.5 Å². The van der Waals surface area contributed by atoms with Crippen LogP contribution >= 0.6 is 0 Å². The van der Waals surface area contributed by atoms with Crippen LogP contribution in [0.3, 0.4) is 0 Å². The van der Waals surface area contributed by atoms with Crippen LogP contribution in [-0.2, 0) is 9.53 Å². The topological polar surface area (TPSA) is 73.9 Å². The molecule has 1 amide bonds. The van der Waals surface area contributed by atoms with Crippen molar-refractivity contribution in [1.82, 2.24) is 5.32 Å². The summed E-state index contributed by atoms with van der Waals surface area (Å²) in [4.78, 5) is 24.2. The van der Waals surface area contributed by atoms with Crippen LogP contribution in [0.1, 0.15) is 24.9 Å². The highest BCUT2D eigenvalue weighted by Gasteiger charge is 2.34. The Morgan fingerprint density at radius 1 is 1.12 bits per heavy atom. The molecule has 0 aromatic heterocycles. The van der Waals surface area contributed by atoms with Gasteiger partial charge in [-0.1, -0.05) is 36.4 Å². The maximum atomic E-state index is 12.2. The number of amides is 1. The molecule has 1 N–H and O–H groups in total. The van der Waals surface area contributed by atoms with Gasteiger partial charge in [-0.15, -0.1) is 0 Å². The molecule has 6 heteroatoms. The van der Waals surface area contributed by atoms with Crippen LogP contribution in [-0.4, -0.2) is 24.8 Å². The predicted octanol–water partition coefficient (Wildman–Crippen LogP) is 3.23. The first-order valence-electron chi connectivity index (χ1n) is 8.13. The van der Waals surface area contributed by atoms with E-state index in [1.165, 1.54) is 0 Å². The van der Waals surface area contributed by atoms with Gasteiger partial charge in [-0.05, 0) is 25.1 Å². The van der Waals surface area contributed by atoms with Gasteiger partial charge in [0.05, 0.1) is 12.6 Å². The molecule has 0 fully saturated rings. The molecule has 2 aromatic carbocycles. The number of benzene rings is 2. The monoisotopic (exact) mass is 341 g/mol. The molecule has 2 aromatic rings. The summed E-state index contributed by atoms with van der Waals surface area (Å²) in [5.41, 5.74) is 0.799. The van der Waals surface area contributed by atoms with E-state index >= 15 is 0 Å². The smallest absolute Gasteiger partial charge is 0.413 e. The maximum Gasteiger partial charge on any atom is 0.413 e.